The predicted molar refractivity (Wildman–Crippen MR) is 96.9 cm³/mol. The van der Waals surface area contributed by atoms with Crippen LogP contribution in [0.15, 0.2) is 48.7 Å². The van der Waals surface area contributed by atoms with Gasteiger partial charge in [-0.15, -0.1) is 0 Å². The lowest BCUT2D eigenvalue weighted by atomic mass is 10.1. The van der Waals surface area contributed by atoms with Gasteiger partial charge < -0.3 is 15.5 Å². The molecule has 2 aromatic heterocycles. The van der Waals surface area contributed by atoms with E-state index in [9.17, 15) is 9.59 Å². The first-order chi connectivity index (χ1) is 12.0. The quantitative estimate of drug-likeness (QED) is 0.539. The van der Waals surface area contributed by atoms with E-state index in [1.54, 1.807) is 25.4 Å². The molecular weight excluding hydrogens is 342 g/mol. The molecule has 1 amide bonds. The zero-order valence-corrected chi connectivity index (χ0v) is 14.4. The smallest absolute Gasteiger partial charge is 0.265 e. The number of H-pyrrole nitrogens is 1. The Hall–Kier alpha value is -2.70. The van der Waals surface area contributed by atoms with Crippen LogP contribution in [0.5, 0.6) is 0 Å². The number of hydrogen-bond donors (Lipinski definition) is 2. The second-order valence-electron chi connectivity index (χ2n) is 5.17. The van der Waals surface area contributed by atoms with Crippen LogP contribution in [0.4, 0.5) is 0 Å². The monoisotopic (exact) mass is 359 g/mol. The number of carbonyl (C=O) groups excluding carboxylic acids is 2. The number of hydrogen-bond acceptors (Lipinski definition) is 4. The molecule has 7 heteroatoms. The Labute approximate surface area is 150 Å². The van der Waals surface area contributed by atoms with Crippen molar-refractivity contribution in [2.75, 3.05) is 13.7 Å². The number of fused-ring (bicyclic) bond motifs is 1. The Morgan fingerprint density at radius 1 is 1.24 bits per heavy atom. The molecule has 0 spiro atoms. The second kappa shape index (κ2) is 8.96. The number of carbonyl (C=O) groups is 2. The zero-order chi connectivity index (χ0) is 18.2. The van der Waals surface area contributed by atoms with Gasteiger partial charge in [-0.25, -0.2) is 4.98 Å². The number of amides is 1. The molecule has 0 unspecified atom stereocenters. The molecule has 0 radical (unpaired) electrons. The van der Waals surface area contributed by atoms with Crippen molar-refractivity contribution in [3.8, 4) is 0 Å². The van der Waals surface area contributed by atoms with Crippen molar-refractivity contribution < 1.29 is 14.3 Å². The van der Waals surface area contributed by atoms with Crippen LogP contribution in [0.25, 0.3) is 10.9 Å². The highest BCUT2D eigenvalue weighted by Gasteiger charge is 2.05. The highest BCUT2D eigenvalue weighted by atomic mass is 35.5. The Bertz CT molecular complexity index is 862. The molecule has 0 aliphatic carbocycles. The number of nitrogens with two attached hydrogens (primary N) is 1. The number of ketones is 1. The van der Waals surface area contributed by atoms with Crippen LogP contribution >= 0.6 is 11.6 Å². The lowest BCUT2D eigenvalue weighted by Gasteiger charge is -1.98. The number of nitrogens with one attached hydrogen (secondary N) is 1. The van der Waals surface area contributed by atoms with Gasteiger partial charge in [0.05, 0.1) is 18.3 Å². The summed E-state index contributed by atoms with van der Waals surface area (Å²) in [5, 5.41) is 1.22. The summed E-state index contributed by atoms with van der Waals surface area (Å²) in [6, 6.07) is 12.6. The van der Waals surface area contributed by atoms with E-state index in [1.165, 1.54) is 0 Å². The second-order valence-corrected chi connectivity index (χ2v) is 5.56. The number of aromatic amines is 1. The van der Waals surface area contributed by atoms with E-state index in [1.807, 2.05) is 30.3 Å². The molecule has 3 N–H and O–H groups in total. The van der Waals surface area contributed by atoms with Crippen molar-refractivity contribution in [2.45, 2.75) is 6.42 Å². The maximum Gasteiger partial charge on any atom is 0.265 e. The Morgan fingerprint density at radius 3 is 2.60 bits per heavy atom. The van der Waals surface area contributed by atoms with Crippen LogP contribution in [0.1, 0.15) is 27.3 Å². The lowest BCUT2D eigenvalue weighted by Crippen LogP contribution is -2.10. The highest BCUT2D eigenvalue weighted by molar-refractivity contribution is 6.30. The number of methoxy groups -OCH3 is 1. The van der Waals surface area contributed by atoms with E-state index < -0.39 is 5.91 Å². The first kappa shape index (κ1) is 18.6. The van der Waals surface area contributed by atoms with Gasteiger partial charge in [-0.1, -0.05) is 41.9 Å². The lowest BCUT2D eigenvalue weighted by molar-refractivity contribution is 0.0931. The van der Waals surface area contributed by atoms with Crippen molar-refractivity contribution in [1.29, 1.82) is 0 Å². The summed E-state index contributed by atoms with van der Waals surface area (Å²) in [5.41, 5.74) is 6.96. The molecule has 3 rings (SSSR count). The molecule has 0 saturated carbocycles. The van der Waals surface area contributed by atoms with E-state index >= 15 is 0 Å². The molecule has 0 fully saturated rings. The number of aromatic nitrogens is 2. The summed E-state index contributed by atoms with van der Waals surface area (Å²) in [5.74, 6) is -0.357. The summed E-state index contributed by atoms with van der Waals surface area (Å²) in [7, 11) is 1.60. The third-order valence-electron chi connectivity index (χ3n) is 3.37. The van der Waals surface area contributed by atoms with Gasteiger partial charge in [0.1, 0.15) is 10.8 Å². The number of nitrogens with zero attached hydrogens (tertiary/aromatic N) is 1. The fraction of sp³-hybridized carbons (Fsp3) is 0.167. The first-order valence-corrected chi connectivity index (χ1v) is 7.90. The van der Waals surface area contributed by atoms with Crippen LogP contribution in [-0.2, 0) is 4.74 Å². The summed E-state index contributed by atoms with van der Waals surface area (Å²) in [6.45, 7) is 0.494. The summed E-state index contributed by atoms with van der Waals surface area (Å²) < 4.78 is 4.81. The van der Waals surface area contributed by atoms with Crippen LogP contribution in [0.2, 0.25) is 5.15 Å². The van der Waals surface area contributed by atoms with E-state index in [2.05, 4.69) is 9.97 Å². The molecule has 0 atom stereocenters. The van der Waals surface area contributed by atoms with Gasteiger partial charge in [0.15, 0.2) is 5.78 Å². The maximum absolute atomic E-state index is 11.3. The number of halogens is 1. The fourth-order valence-corrected chi connectivity index (χ4v) is 2.27. The molecule has 6 nitrogen and oxygen atoms in total. The number of ether oxygens (including phenoxy) is 1. The summed E-state index contributed by atoms with van der Waals surface area (Å²) in [6.07, 6.45) is 2.02. The van der Waals surface area contributed by atoms with E-state index in [0.29, 0.717) is 23.9 Å². The topological polar surface area (TPSA) is 98.1 Å². The standard InChI is InChI=1S/C10H12O2.C8H6ClN3O/c1-12-8-7-10(11)9-5-3-2-4-6-9;9-7-2-4-1-5(8(10)13)12-6(4)3-11-7/h2-6H,7-8H2,1H3;1-3,12H,(H2,10,13). The van der Waals surface area contributed by atoms with Crippen molar-refractivity contribution in [3.05, 3.63) is 65.1 Å². The fourth-order valence-electron chi connectivity index (χ4n) is 2.10. The van der Waals surface area contributed by atoms with Crippen LogP contribution in [-0.4, -0.2) is 35.4 Å². The maximum atomic E-state index is 11.3. The number of pyridine rings is 1. The third kappa shape index (κ3) is 5.41. The predicted octanol–water partition coefficient (Wildman–Crippen LogP) is 3.22. The minimum atomic E-state index is -0.493. The normalized spacial score (nSPS) is 10.2. The Kier molecular flexibility index (Phi) is 6.68. The summed E-state index contributed by atoms with van der Waals surface area (Å²) in [4.78, 5) is 28.8. The number of Topliss-reactive ketones (excluding diaryl/α,β-unsaturated/α-hetero) is 1. The van der Waals surface area contributed by atoms with Gasteiger partial charge in [-0.05, 0) is 12.1 Å². The van der Waals surface area contributed by atoms with Gasteiger partial charge in [0, 0.05) is 24.5 Å². The average molecular weight is 360 g/mol. The molecule has 0 aliphatic rings. The number of benzene rings is 1. The van der Waals surface area contributed by atoms with Crippen LogP contribution in [0, 0.1) is 0 Å². The van der Waals surface area contributed by atoms with Gasteiger partial charge in [0.25, 0.3) is 5.91 Å². The van der Waals surface area contributed by atoms with Gasteiger partial charge in [-0.3, -0.25) is 9.59 Å². The van der Waals surface area contributed by atoms with Crippen molar-refractivity contribution in [3.63, 3.8) is 0 Å². The molecule has 130 valence electrons. The van der Waals surface area contributed by atoms with Gasteiger partial charge in [0.2, 0.25) is 0 Å². The van der Waals surface area contributed by atoms with E-state index in [-0.39, 0.29) is 5.78 Å². The molecule has 1 aromatic carbocycles. The van der Waals surface area contributed by atoms with Crippen molar-refractivity contribution in [1.82, 2.24) is 9.97 Å². The zero-order valence-electron chi connectivity index (χ0n) is 13.7. The number of rotatable bonds is 5. The average Bonchev–Trinajstić information content (AvgIpc) is 3.04. The van der Waals surface area contributed by atoms with Gasteiger partial charge >= 0.3 is 0 Å². The highest BCUT2D eigenvalue weighted by Crippen LogP contribution is 2.17. The largest absolute Gasteiger partial charge is 0.384 e. The minimum Gasteiger partial charge on any atom is -0.384 e. The summed E-state index contributed by atoms with van der Waals surface area (Å²) >= 11 is 5.67. The van der Waals surface area contributed by atoms with Crippen LogP contribution in [0.3, 0.4) is 0 Å². The molecule has 2 heterocycles. The molecule has 3 aromatic rings. The first-order valence-electron chi connectivity index (χ1n) is 7.52. The molecule has 0 bridgehead atoms. The Morgan fingerprint density at radius 2 is 1.96 bits per heavy atom. The molecule has 0 saturated heterocycles. The van der Waals surface area contributed by atoms with Crippen LogP contribution < -0.4 is 5.73 Å². The molecule has 0 aliphatic heterocycles. The minimum absolute atomic E-state index is 0.137. The van der Waals surface area contributed by atoms with E-state index in [0.717, 1.165) is 16.5 Å². The molecular formula is C18H18ClN3O3. The van der Waals surface area contributed by atoms with Gasteiger partial charge in [-0.2, -0.15) is 0 Å². The Balaban J connectivity index is 0.000000181. The third-order valence-corrected chi connectivity index (χ3v) is 3.57. The SMILES string of the molecule is COCCC(=O)c1ccccc1.NC(=O)c1cc2cc(Cl)ncc2[nH]1. The van der Waals surface area contributed by atoms with Crippen molar-refractivity contribution in [2.24, 2.45) is 5.73 Å². The number of primary amides is 1. The van der Waals surface area contributed by atoms with E-state index in [4.69, 9.17) is 22.1 Å². The molecule has 25 heavy (non-hydrogen) atoms. The van der Waals surface area contributed by atoms with Crippen molar-refractivity contribution >= 4 is 34.2 Å².